The average Bonchev–Trinajstić information content (AvgIpc) is 2.81. The molecular weight excluding hydrogens is 522 g/mol. The van der Waals surface area contributed by atoms with Crippen molar-refractivity contribution in [1.82, 2.24) is 21.3 Å². The highest BCUT2D eigenvalue weighted by atomic mass is 16.4. The quantitative estimate of drug-likeness (QED) is 0.0754. The lowest BCUT2D eigenvalue weighted by Gasteiger charge is -2.27. The summed E-state index contributed by atoms with van der Waals surface area (Å²) in [6.07, 6.45) is -2.62. The van der Waals surface area contributed by atoms with Crippen LogP contribution in [0.5, 0.6) is 0 Å². The number of aliphatic hydroxyl groups excluding tert-OH is 2. The number of carbonyl (C=O) groups excluding carboxylic acids is 6. The van der Waals surface area contributed by atoms with E-state index in [2.05, 4.69) is 21.3 Å². The Morgan fingerprint density at radius 3 is 1.69 bits per heavy atom. The molecule has 39 heavy (non-hydrogen) atoms. The second-order valence-electron chi connectivity index (χ2n) is 9.34. The van der Waals surface area contributed by atoms with E-state index in [1.54, 1.807) is 13.8 Å². The normalized spacial score (nSPS) is 15.6. The van der Waals surface area contributed by atoms with Gasteiger partial charge in [-0.2, -0.15) is 0 Å². The fourth-order valence-electron chi connectivity index (χ4n) is 3.22. The number of aliphatic carboxylic acids is 1. The van der Waals surface area contributed by atoms with Crippen molar-refractivity contribution in [3.63, 3.8) is 0 Å². The zero-order valence-electron chi connectivity index (χ0n) is 22.0. The highest BCUT2D eigenvalue weighted by Gasteiger charge is 2.34. The Bertz CT molecular complexity index is 912. The van der Waals surface area contributed by atoms with Crippen LogP contribution in [0.25, 0.3) is 0 Å². The smallest absolute Gasteiger partial charge is 0.326 e. The van der Waals surface area contributed by atoms with E-state index in [1.807, 2.05) is 0 Å². The van der Waals surface area contributed by atoms with Gasteiger partial charge in [-0.15, -0.1) is 0 Å². The lowest BCUT2D eigenvalue weighted by Crippen LogP contribution is -2.61. The summed E-state index contributed by atoms with van der Waals surface area (Å²) in [5.74, 6) is -7.26. The van der Waals surface area contributed by atoms with Crippen molar-refractivity contribution in [3.05, 3.63) is 0 Å². The molecule has 0 spiro atoms. The molecule has 0 aliphatic carbocycles. The molecule has 0 radical (unpaired) electrons. The van der Waals surface area contributed by atoms with Gasteiger partial charge in [0.05, 0.1) is 25.2 Å². The summed E-state index contributed by atoms with van der Waals surface area (Å²) in [6.45, 7) is 3.66. The van der Waals surface area contributed by atoms with Crippen molar-refractivity contribution in [1.29, 1.82) is 0 Å². The van der Waals surface area contributed by atoms with Crippen LogP contribution >= 0.6 is 0 Å². The number of primary amides is 2. The average molecular weight is 562 g/mol. The Morgan fingerprint density at radius 1 is 0.744 bits per heavy atom. The number of carboxylic acids is 1. The molecule has 0 heterocycles. The van der Waals surface area contributed by atoms with Crippen LogP contribution in [0.2, 0.25) is 0 Å². The Morgan fingerprint density at radius 2 is 1.26 bits per heavy atom. The molecule has 17 nitrogen and oxygen atoms in total. The first-order valence-corrected chi connectivity index (χ1v) is 12.0. The van der Waals surface area contributed by atoms with Crippen molar-refractivity contribution in [2.24, 2.45) is 23.1 Å². The van der Waals surface area contributed by atoms with Gasteiger partial charge >= 0.3 is 5.97 Å². The molecule has 6 atom stereocenters. The lowest BCUT2D eigenvalue weighted by molar-refractivity contribution is -0.143. The van der Waals surface area contributed by atoms with Crippen molar-refractivity contribution >= 4 is 41.4 Å². The van der Waals surface area contributed by atoms with E-state index in [9.17, 15) is 48.9 Å². The number of amides is 6. The largest absolute Gasteiger partial charge is 0.480 e. The van der Waals surface area contributed by atoms with Crippen molar-refractivity contribution < 1.29 is 48.9 Å². The highest BCUT2D eigenvalue weighted by Crippen LogP contribution is 2.08. The maximum atomic E-state index is 12.9. The molecule has 0 aliphatic rings. The molecule has 0 bridgehead atoms. The molecule has 17 heteroatoms. The first-order valence-electron chi connectivity index (χ1n) is 12.0. The number of nitrogens with one attached hydrogen (secondary N) is 4. The Kier molecular flexibility index (Phi) is 15.2. The number of carboxylic acid groups (broad SMARTS) is 1. The molecular formula is C22H39N7O10. The van der Waals surface area contributed by atoms with Gasteiger partial charge in [-0.3, -0.25) is 28.8 Å². The summed E-state index contributed by atoms with van der Waals surface area (Å²) in [6, 6.07) is -7.48. The minimum atomic E-state index is -1.67. The molecule has 0 aromatic carbocycles. The van der Waals surface area contributed by atoms with Crippen molar-refractivity contribution in [3.8, 4) is 0 Å². The molecule has 6 amide bonds. The summed E-state index contributed by atoms with van der Waals surface area (Å²) in [5.41, 5.74) is 15.5. The highest BCUT2D eigenvalue weighted by molar-refractivity contribution is 5.96. The fraction of sp³-hybridized carbons (Fsp3) is 0.682. The molecule has 0 saturated heterocycles. The van der Waals surface area contributed by atoms with Crippen LogP contribution in [0.15, 0.2) is 0 Å². The maximum absolute atomic E-state index is 12.9. The number of hydrogen-bond donors (Lipinski definition) is 10. The summed E-state index contributed by atoms with van der Waals surface area (Å²) < 4.78 is 0. The lowest BCUT2D eigenvalue weighted by atomic mass is 10.0. The van der Waals surface area contributed by atoms with E-state index < -0.39 is 90.8 Å². The van der Waals surface area contributed by atoms with Crippen LogP contribution in [-0.4, -0.2) is 99.7 Å². The maximum Gasteiger partial charge on any atom is 0.326 e. The first-order chi connectivity index (χ1) is 18.0. The minimum Gasteiger partial charge on any atom is -0.480 e. The van der Waals surface area contributed by atoms with Crippen LogP contribution < -0.4 is 38.5 Å². The second-order valence-corrected chi connectivity index (χ2v) is 9.34. The second kappa shape index (κ2) is 16.9. The van der Waals surface area contributed by atoms with Gasteiger partial charge in [0.15, 0.2) is 0 Å². The standard InChI is InChI=1S/C22H39N7O10/c1-9(2)6-13(19(35)26-12(22(38)39)4-5-15(24)32)27-21(37)17(10(3)31)29-20(36)14(8-30)28-18(34)11(23)7-16(25)33/h9-14,17,30-31H,4-8,23H2,1-3H3,(H2,24,32)(H2,25,33)(H,26,35)(H,27,37)(H,28,34)(H,29,36)(H,38,39)/t10-,11+,12+,13+,14+,17+/m1/s1. The number of aliphatic hydroxyl groups is 2. The molecule has 222 valence electrons. The molecule has 0 aromatic heterocycles. The van der Waals surface area contributed by atoms with Gasteiger partial charge in [-0.25, -0.2) is 4.79 Å². The molecule has 0 rings (SSSR count). The summed E-state index contributed by atoms with van der Waals surface area (Å²) in [5, 5.41) is 37.8. The summed E-state index contributed by atoms with van der Waals surface area (Å²) in [7, 11) is 0. The van der Waals surface area contributed by atoms with Gasteiger partial charge in [0, 0.05) is 6.42 Å². The van der Waals surface area contributed by atoms with Crippen LogP contribution in [-0.2, 0) is 33.6 Å². The molecule has 0 fully saturated rings. The van der Waals surface area contributed by atoms with Crippen LogP contribution in [0, 0.1) is 5.92 Å². The Labute approximate surface area is 224 Å². The van der Waals surface area contributed by atoms with E-state index >= 15 is 0 Å². The van der Waals surface area contributed by atoms with Gasteiger partial charge in [0.2, 0.25) is 35.4 Å². The monoisotopic (exact) mass is 561 g/mol. The third kappa shape index (κ3) is 13.5. The van der Waals surface area contributed by atoms with Crippen LogP contribution in [0.3, 0.4) is 0 Å². The third-order valence-electron chi connectivity index (χ3n) is 5.27. The zero-order valence-corrected chi connectivity index (χ0v) is 22.0. The number of hydrogen-bond acceptors (Lipinski definition) is 10. The molecule has 0 aromatic rings. The third-order valence-corrected chi connectivity index (χ3v) is 5.27. The van der Waals surface area contributed by atoms with E-state index in [1.165, 1.54) is 0 Å². The van der Waals surface area contributed by atoms with E-state index in [-0.39, 0.29) is 25.2 Å². The summed E-state index contributed by atoms with van der Waals surface area (Å²) >= 11 is 0. The number of carbonyl (C=O) groups is 7. The topological polar surface area (TPSA) is 306 Å². The fourth-order valence-corrected chi connectivity index (χ4v) is 3.22. The van der Waals surface area contributed by atoms with Gasteiger partial charge in [0.1, 0.15) is 24.2 Å². The SMILES string of the molecule is CC(C)C[C@H](NC(=O)[C@@H](NC(=O)[C@H](CO)NC(=O)[C@@H](N)CC(N)=O)[C@@H](C)O)C(=O)N[C@@H](CCC(N)=O)C(=O)O. The van der Waals surface area contributed by atoms with E-state index in [0.717, 1.165) is 6.92 Å². The zero-order chi connectivity index (χ0) is 30.4. The van der Waals surface area contributed by atoms with Crippen molar-refractivity contribution in [2.75, 3.05) is 6.61 Å². The van der Waals surface area contributed by atoms with Gasteiger partial charge in [-0.05, 0) is 25.7 Å². The Hall–Kier alpha value is -3.83. The predicted molar refractivity (Wildman–Crippen MR) is 134 cm³/mol. The van der Waals surface area contributed by atoms with Gasteiger partial charge in [0.25, 0.3) is 0 Å². The molecule has 0 saturated carbocycles. The first kappa shape index (κ1) is 35.2. The number of nitrogens with two attached hydrogens (primary N) is 3. The van der Waals surface area contributed by atoms with Crippen LogP contribution in [0.1, 0.15) is 46.5 Å². The van der Waals surface area contributed by atoms with E-state index in [4.69, 9.17) is 17.2 Å². The minimum absolute atomic E-state index is 0.0350. The summed E-state index contributed by atoms with van der Waals surface area (Å²) in [4.78, 5) is 83.9. The van der Waals surface area contributed by atoms with Crippen molar-refractivity contribution in [2.45, 2.75) is 82.8 Å². The van der Waals surface area contributed by atoms with Crippen LogP contribution in [0.4, 0.5) is 0 Å². The molecule has 13 N–H and O–H groups in total. The van der Waals surface area contributed by atoms with Gasteiger partial charge in [-0.1, -0.05) is 13.8 Å². The number of rotatable bonds is 18. The Balaban J connectivity index is 5.59. The predicted octanol–water partition coefficient (Wildman–Crippen LogP) is -5.10. The van der Waals surface area contributed by atoms with Gasteiger partial charge < -0.3 is 53.8 Å². The molecule has 0 aliphatic heterocycles. The van der Waals surface area contributed by atoms with E-state index in [0.29, 0.717) is 0 Å². The molecule has 0 unspecified atom stereocenters.